The van der Waals surface area contributed by atoms with E-state index in [1.807, 2.05) is 6.92 Å². The van der Waals surface area contributed by atoms with Gasteiger partial charge in [0.15, 0.2) is 0 Å². The summed E-state index contributed by atoms with van der Waals surface area (Å²) >= 11 is 0. The van der Waals surface area contributed by atoms with Gasteiger partial charge < -0.3 is 52.0 Å². The number of carbonyl (C=O) groups is 7. The first-order valence-electron chi connectivity index (χ1n) is 21.7. The quantitative estimate of drug-likeness (QED) is 0.0732. The Bertz CT molecular complexity index is 2020. The zero-order chi connectivity index (χ0) is 45.6. The van der Waals surface area contributed by atoms with Crippen molar-refractivity contribution in [3.05, 3.63) is 83.9 Å². The number of carboxylic acids is 1. The molecule has 340 valence electrons. The molecule has 3 heterocycles. The molecule has 2 aromatic carbocycles. The van der Waals surface area contributed by atoms with Gasteiger partial charge in [0.1, 0.15) is 42.0 Å². The Labute approximate surface area is 367 Å². The summed E-state index contributed by atoms with van der Waals surface area (Å²) in [6, 6.07) is 7.67. The third kappa shape index (κ3) is 13.3. The molecule has 6 amide bonds. The summed E-state index contributed by atoms with van der Waals surface area (Å²) in [5.41, 5.74) is 1.82. The van der Waals surface area contributed by atoms with Crippen LogP contribution in [0.4, 0.5) is 0 Å². The van der Waals surface area contributed by atoms with Crippen LogP contribution in [0, 0.1) is 11.8 Å². The Hall–Kier alpha value is -6.30. The lowest BCUT2D eigenvalue weighted by Crippen LogP contribution is -2.61. The summed E-state index contributed by atoms with van der Waals surface area (Å²) in [5.74, 6) is -5.52. The second kappa shape index (κ2) is 22.7. The summed E-state index contributed by atoms with van der Waals surface area (Å²) < 4.78 is 0. The molecule has 0 unspecified atom stereocenters. The number of phenols is 1. The molecule has 2 aliphatic rings. The number of aromatic nitrogens is 2. The van der Waals surface area contributed by atoms with Gasteiger partial charge in [0.2, 0.25) is 35.4 Å². The molecule has 1 aromatic heterocycles. The van der Waals surface area contributed by atoms with Crippen LogP contribution in [0.1, 0.15) is 76.6 Å². The maximum absolute atomic E-state index is 14.4. The van der Waals surface area contributed by atoms with Crippen molar-refractivity contribution in [3.63, 3.8) is 0 Å². The molecule has 63 heavy (non-hydrogen) atoms. The number of hydrogen-bond acceptors (Lipinski definition) is 10. The highest BCUT2D eigenvalue weighted by Gasteiger charge is 2.41. The number of aromatic hydroxyl groups is 1. The molecule has 0 radical (unpaired) electrons. The Kier molecular flexibility index (Phi) is 17.2. The predicted octanol–water partition coefficient (Wildman–Crippen LogP) is 1.10. The minimum atomic E-state index is -1.25. The van der Waals surface area contributed by atoms with E-state index in [0.29, 0.717) is 42.6 Å². The van der Waals surface area contributed by atoms with E-state index >= 15 is 0 Å². The number of aliphatic carboxylic acids is 1. The van der Waals surface area contributed by atoms with Gasteiger partial charge in [0, 0.05) is 37.7 Å². The van der Waals surface area contributed by atoms with E-state index in [9.17, 15) is 43.8 Å². The van der Waals surface area contributed by atoms with Gasteiger partial charge in [-0.1, -0.05) is 76.6 Å². The van der Waals surface area contributed by atoms with E-state index in [0.717, 1.165) is 6.42 Å². The smallest absolute Gasteiger partial charge is 0.326 e. The largest absolute Gasteiger partial charge is 0.508 e. The van der Waals surface area contributed by atoms with Crippen molar-refractivity contribution in [1.29, 1.82) is 0 Å². The number of H-pyrrole nitrogens is 1. The fourth-order valence-electron chi connectivity index (χ4n) is 7.89. The molecule has 18 heteroatoms. The topological polar surface area (TPSA) is 264 Å². The van der Waals surface area contributed by atoms with Gasteiger partial charge >= 0.3 is 5.97 Å². The zero-order valence-corrected chi connectivity index (χ0v) is 36.3. The van der Waals surface area contributed by atoms with E-state index in [1.165, 1.54) is 29.6 Å². The van der Waals surface area contributed by atoms with Crippen LogP contribution in [0.15, 0.2) is 67.1 Å². The molecular formula is C45H61N9O9. The first kappa shape index (κ1) is 47.7. The first-order valence-corrected chi connectivity index (χ1v) is 21.7. The summed E-state index contributed by atoms with van der Waals surface area (Å²) in [6.07, 6.45) is 5.54. The highest BCUT2D eigenvalue weighted by Crippen LogP contribution is 2.21. The number of phenolic OH excluding ortho intramolecular Hbond substituents is 1. The Balaban J connectivity index is 1.35. The lowest BCUT2D eigenvalue weighted by molar-refractivity contribution is -0.145. The SMILES string of the molecule is CC[C@H](C)[C@H](NC(=O)[C@H](Cc1ccc(O)cc1)NC(=O)[C@@H](NC(=O)[C@@H]1CCCN1)C(C)C)C(=O)N[C@@H](Cc1cnc[nH]1)C(=O)N1CCC[C@H]1C(=O)N[C@@H](Cc1ccccc1)C(=O)O. The van der Waals surface area contributed by atoms with Crippen molar-refractivity contribution in [2.45, 2.75) is 121 Å². The van der Waals surface area contributed by atoms with Crippen LogP contribution in [-0.2, 0) is 52.8 Å². The molecule has 5 rings (SSSR count). The van der Waals surface area contributed by atoms with Crippen LogP contribution in [0.5, 0.6) is 5.75 Å². The zero-order valence-electron chi connectivity index (χ0n) is 36.3. The van der Waals surface area contributed by atoms with Gasteiger partial charge in [-0.15, -0.1) is 0 Å². The average Bonchev–Trinajstić information content (AvgIpc) is 4.09. The molecule has 0 spiro atoms. The van der Waals surface area contributed by atoms with Gasteiger partial charge in [0.25, 0.3) is 0 Å². The van der Waals surface area contributed by atoms with Crippen molar-refractivity contribution < 1.29 is 43.8 Å². The number of hydrogen-bond donors (Lipinski definition) is 9. The van der Waals surface area contributed by atoms with E-state index in [-0.39, 0.29) is 49.8 Å². The number of amides is 6. The molecule has 0 bridgehead atoms. The van der Waals surface area contributed by atoms with Crippen molar-refractivity contribution in [3.8, 4) is 5.75 Å². The van der Waals surface area contributed by atoms with E-state index in [4.69, 9.17) is 0 Å². The van der Waals surface area contributed by atoms with Gasteiger partial charge in [-0.3, -0.25) is 28.8 Å². The second-order valence-electron chi connectivity index (χ2n) is 16.8. The van der Waals surface area contributed by atoms with Crippen LogP contribution >= 0.6 is 0 Å². The number of nitrogens with one attached hydrogen (secondary N) is 7. The highest BCUT2D eigenvalue weighted by molar-refractivity contribution is 5.97. The number of nitrogens with zero attached hydrogens (tertiary/aromatic N) is 2. The molecule has 0 aliphatic carbocycles. The third-order valence-electron chi connectivity index (χ3n) is 11.8. The van der Waals surface area contributed by atoms with E-state index in [2.05, 4.69) is 41.9 Å². The van der Waals surface area contributed by atoms with Crippen molar-refractivity contribution in [2.75, 3.05) is 13.1 Å². The lowest BCUT2D eigenvalue weighted by Gasteiger charge is -2.32. The number of rotatable bonds is 21. The van der Waals surface area contributed by atoms with Gasteiger partial charge in [-0.05, 0) is 67.3 Å². The molecule has 2 saturated heterocycles. The predicted molar refractivity (Wildman–Crippen MR) is 232 cm³/mol. The van der Waals surface area contributed by atoms with Crippen molar-refractivity contribution >= 4 is 41.4 Å². The average molecular weight is 872 g/mol. The summed E-state index contributed by atoms with van der Waals surface area (Å²) in [6.45, 7) is 8.03. The molecule has 2 aliphatic heterocycles. The number of imidazole rings is 1. The molecule has 8 atom stereocenters. The minimum Gasteiger partial charge on any atom is -0.508 e. The summed E-state index contributed by atoms with van der Waals surface area (Å²) in [5, 5.41) is 36.9. The normalized spacial score (nSPS) is 18.9. The fraction of sp³-hybridized carbons (Fsp3) is 0.511. The van der Waals surface area contributed by atoms with Gasteiger partial charge in [-0.25, -0.2) is 9.78 Å². The molecule has 2 fully saturated rings. The van der Waals surface area contributed by atoms with Crippen LogP contribution in [-0.4, -0.2) is 122 Å². The Morgan fingerprint density at radius 3 is 2.03 bits per heavy atom. The third-order valence-corrected chi connectivity index (χ3v) is 11.8. The molecular weight excluding hydrogens is 811 g/mol. The van der Waals surface area contributed by atoms with E-state index in [1.54, 1.807) is 63.2 Å². The van der Waals surface area contributed by atoms with Crippen molar-refractivity contribution in [1.82, 2.24) is 46.8 Å². The Morgan fingerprint density at radius 1 is 0.746 bits per heavy atom. The van der Waals surface area contributed by atoms with E-state index < -0.39 is 83.7 Å². The first-order chi connectivity index (χ1) is 30.1. The number of benzene rings is 2. The highest BCUT2D eigenvalue weighted by atomic mass is 16.4. The summed E-state index contributed by atoms with van der Waals surface area (Å²) in [4.78, 5) is 104. The van der Waals surface area contributed by atoms with Crippen LogP contribution in [0.3, 0.4) is 0 Å². The Morgan fingerprint density at radius 2 is 1.41 bits per heavy atom. The molecule has 18 nitrogen and oxygen atoms in total. The number of aromatic amines is 1. The van der Waals surface area contributed by atoms with Gasteiger partial charge in [-0.2, -0.15) is 0 Å². The molecule has 3 aromatic rings. The molecule has 9 N–H and O–H groups in total. The van der Waals surface area contributed by atoms with Crippen molar-refractivity contribution in [2.24, 2.45) is 11.8 Å². The standard InChI is InChI=1S/C45H61N9O9/c1-5-27(4)38(53-40(57)33(21-29-15-17-31(55)18-16-29)49-42(59)37(26(2)3)52-39(56)32-13-9-19-47-32)43(60)50-34(23-30-24-46-25-48-30)44(61)54-20-10-14-36(54)41(58)51-35(45(62)63)22-28-11-7-6-8-12-28/h6-8,11-12,15-18,24-27,32-38,47,55H,5,9-10,13-14,19-23H2,1-4H3,(H,46,48)(H,49,59)(H,50,60)(H,51,58)(H,52,56)(H,53,57)(H,62,63)/t27-,32-,33-,34-,35-,36-,37-,38-/m0/s1. The lowest BCUT2D eigenvalue weighted by atomic mass is 9.96. The summed E-state index contributed by atoms with van der Waals surface area (Å²) in [7, 11) is 0. The number of likely N-dealkylation sites (tertiary alicyclic amines) is 1. The number of carbonyl (C=O) groups excluding carboxylic acids is 6. The van der Waals surface area contributed by atoms with Crippen LogP contribution in [0.2, 0.25) is 0 Å². The monoisotopic (exact) mass is 871 g/mol. The van der Waals surface area contributed by atoms with Gasteiger partial charge in [0.05, 0.1) is 12.4 Å². The molecule has 0 saturated carbocycles. The maximum Gasteiger partial charge on any atom is 0.326 e. The maximum atomic E-state index is 14.4. The second-order valence-corrected chi connectivity index (χ2v) is 16.8. The number of carboxylic acid groups (broad SMARTS) is 1. The van der Waals surface area contributed by atoms with Crippen LogP contribution in [0.25, 0.3) is 0 Å². The minimum absolute atomic E-state index is 0.00743. The fourth-order valence-corrected chi connectivity index (χ4v) is 7.89. The van der Waals surface area contributed by atoms with Crippen LogP contribution < -0.4 is 31.9 Å².